The summed E-state index contributed by atoms with van der Waals surface area (Å²) >= 11 is 0. The Kier molecular flexibility index (Phi) is 3.74. The lowest BCUT2D eigenvalue weighted by Crippen LogP contribution is -2.25. The molecule has 3 N–H and O–H groups in total. The summed E-state index contributed by atoms with van der Waals surface area (Å²) in [7, 11) is 0. The highest BCUT2D eigenvalue weighted by molar-refractivity contribution is 5.92. The normalized spacial score (nSPS) is 18.5. The molecular formula is C16H21FN2O. The van der Waals surface area contributed by atoms with Gasteiger partial charge in [0.25, 0.3) is 0 Å². The van der Waals surface area contributed by atoms with Gasteiger partial charge in [0.2, 0.25) is 5.91 Å². The molecule has 20 heavy (non-hydrogen) atoms. The number of hydrogen-bond donors (Lipinski definition) is 2. The Hall–Kier alpha value is -1.42. The fraction of sp³-hybridized carbons (Fsp3) is 0.562. The summed E-state index contributed by atoms with van der Waals surface area (Å²) in [5.41, 5.74) is 5.95. The van der Waals surface area contributed by atoms with Crippen LogP contribution in [0.5, 0.6) is 0 Å². The van der Waals surface area contributed by atoms with Crippen LogP contribution in [0.15, 0.2) is 18.2 Å². The zero-order valence-corrected chi connectivity index (χ0v) is 11.6. The van der Waals surface area contributed by atoms with Crippen LogP contribution in [0.2, 0.25) is 0 Å². The van der Waals surface area contributed by atoms with Crippen molar-refractivity contribution >= 4 is 5.91 Å². The monoisotopic (exact) mass is 276 g/mol. The molecule has 0 spiro atoms. The van der Waals surface area contributed by atoms with Gasteiger partial charge < -0.3 is 11.1 Å². The lowest BCUT2D eigenvalue weighted by molar-refractivity contribution is 0.1000. The maximum absolute atomic E-state index is 13.8. The highest BCUT2D eigenvalue weighted by Crippen LogP contribution is 2.48. The molecule has 0 radical (unpaired) electrons. The van der Waals surface area contributed by atoms with Crippen LogP contribution in [-0.2, 0) is 6.54 Å². The summed E-state index contributed by atoms with van der Waals surface area (Å²) in [5, 5.41) is 3.38. The minimum atomic E-state index is -0.592. The second-order valence-corrected chi connectivity index (χ2v) is 6.14. The van der Waals surface area contributed by atoms with Gasteiger partial charge in [-0.2, -0.15) is 0 Å². The van der Waals surface area contributed by atoms with Crippen LogP contribution in [-0.4, -0.2) is 12.5 Å². The molecule has 2 saturated carbocycles. The molecule has 0 atom stereocenters. The van der Waals surface area contributed by atoms with E-state index in [0.29, 0.717) is 12.1 Å². The Bertz CT molecular complexity index is 497. The Morgan fingerprint density at radius 3 is 2.45 bits per heavy atom. The number of halogens is 1. The van der Waals surface area contributed by atoms with Crippen LogP contribution in [0.3, 0.4) is 0 Å². The molecule has 0 bridgehead atoms. The molecule has 1 aromatic carbocycles. The summed E-state index contributed by atoms with van der Waals surface area (Å²) < 4.78 is 13.8. The van der Waals surface area contributed by atoms with Crippen molar-refractivity contribution < 1.29 is 9.18 Å². The number of hydrogen-bond acceptors (Lipinski definition) is 2. The second-order valence-electron chi connectivity index (χ2n) is 6.14. The van der Waals surface area contributed by atoms with Crippen LogP contribution >= 0.6 is 0 Å². The number of carbonyl (C=O) groups is 1. The van der Waals surface area contributed by atoms with E-state index < -0.39 is 5.91 Å². The third-order valence-corrected chi connectivity index (χ3v) is 4.49. The average molecular weight is 276 g/mol. The molecule has 2 aliphatic rings. The molecule has 1 amide bonds. The molecule has 2 aliphatic carbocycles. The quantitative estimate of drug-likeness (QED) is 0.803. The third-order valence-electron chi connectivity index (χ3n) is 4.49. The van der Waals surface area contributed by atoms with E-state index in [0.717, 1.165) is 24.3 Å². The van der Waals surface area contributed by atoms with E-state index in [1.807, 2.05) is 0 Å². The number of amides is 1. The van der Waals surface area contributed by atoms with E-state index in [1.165, 1.54) is 31.7 Å². The van der Waals surface area contributed by atoms with Gasteiger partial charge in [-0.25, -0.2) is 4.39 Å². The van der Waals surface area contributed by atoms with E-state index in [2.05, 4.69) is 5.32 Å². The first-order valence-electron chi connectivity index (χ1n) is 7.44. The maximum Gasteiger partial charge on any atom is 0.248 e. The number of primary amides is 1. The van der Waals surface area contributed by atoms with Crippen LogP contribution < -0.4 is 11.1 Å². The van der Waals surface area contributed by atoms with Crippen molar-refractivity contribution in [3.05, 3.63) is 35.1 Å². The molecular weight excluding hydrogens is 255 g/mol. The number of benzene rings is 1. The summed E-state index contributed by atoms with van der Waals surface area (Å²) in [6, 6.07) is 4.45. The maximum atomic E-state index is 13.8. The van der Waals surface area contributed by atoms with Crippen LogP contribution in [0, 0.1) is 23.6 Å². The minimum absolute atomic E-state index is 0.222. The highest BCUT2D eigenvalue weighted by atomic mass is 19.1. The van der Waals surface area contributed by atoms with E-state index >= 15 is 0 Å². The van der Waals surface area contributed by atoms with Crippen molar-refractivity contribution in [1.29, 1.82) is 0 Å². The first-order valence-corrected chi connectivity index (χ1v) is 7.44. The van der Waals surface area contributed by atoms with E-state index in [1.54, 1.807) is 12.1 Å². The number of nitrogens with one attached hydrogen (secondary N) is 1. The third kappa shape index (κ3) is 3.18. The molecule has 2 fully saturated rings. The molecule has 0 heterocycles. The Morgan fingerprint density at radius 1 is 1.30 bits per heavy atom. The molecule has 3 rings (SSSR count). The zero-order valence-electron chi connectivity index (χ0n) is 11.6. The summed E-state index contributed by atoms with van der Waals surface area (Å²) in [4.78, 5) is 11.0. The summed E-state index contributed by atoms with van der Waals surface area (Å²) in [5.74, 6) is 1.63. The first-order chi connectivity index (χ1) is 9.65. The fourth-order valence-electron chi connectivity index (χ4n) is 2.98. The number of rotatable bonds is 7. The summed E-state index contributed by atoms with van der Waals surface area (Å²) in [6.45, 7) is 1.49. The van der Waals surface area contributed by atoms with Crippen molar-refractivity contribution in [2.75, 3.05) is 6.54 Å². The molecule has 0 aromatic heterocycles. The van der Waals surface area contributed by atoms with Gasteiger partial charge in [-0.05, 0) is 62.1 Å². The first kappa shape index (κ1) is 13.6. The molecule has 1 aromatic rings. The largest absolute Gasteiger partial charge is 0.366 e. The van der Waals surface area contributed by atoms with Crippen molar-refractivity contribution in [2.45, 2.75) is 32.2 Å². The Morgan fingerprint density at radius 2 is 1.95 bits per heavy atom. The molecule has 3 nitrogen and oxygen atoms in total. The van der Waals surface area contributed by atoms with Crippen molar-refractivity contribution in [1.82, 2.24) is 5.32 Å². The van der Waals surface area contributed by atoms with Gasteiger partial charge in [-0.15, -0.1) is 0 Å². The SMILES string of the molecule is NC(=O)c1ccc(CNCC(C2CC2)C2CC2)c(F)c1. The van der Waals surface area contributed by atoms with Crippen molar-refractivity contribution in [3.8, 4) is 0 Å². The van der Waals surface area contributed by atoms with Crippen molar-refractivity contribution in [2.24, 2.45) is 23.5 Å². The Balaban J connectivity index is 1.53. The van der Waals surface area contributed by atoms with Crippen LogP contribution in [0.25, 0.3) is 0 Å². The summed E-state index contributed by atoms with van der Waals surface area (Å²) in [6.07, 6.45) is 5.46. The highest BCUT2D eigenvalue weighted by Gasteiger charge is 2.40. The standard InChI is InChI=1S/C16H21FN2O/c17-15-7-12(16(18)20)5-6-13(15)8-19-9-14(10-1-2-10)11-3-4-11/h5-7,10-11,14,19H,1-4,8-9H2,(H2,18,20). The predicted molar refractivity (Wildman–Crippen MR) is 75.6 cm³/mol. The van der Waals surface area contributed by atoms with Gasteiger partial charge in [-0.3, -0.25) is 4.79 Å². The molecule has 4 heteroatoms. The Labute approximate surface area is 118 Å². The molecule has 0 saturated heterocycles. The minimum Gasteiger partial charge on any atom is -0.366 e. The van der Waals surface area contributed by atoms with Crippen LogP contribution in [0.4, 0.5) is 4.39 Å². The van der Waals surface area contributed by atoms with Gasteiger partial charge >= 0.3 is 0 Å². The fourth-order valence-corrected chi connectivity index (χ4v) is 2.98. The predicted octanol–water partition coefficient (Wildman–Crippen LogP) is 2.45. The van der Waals surface area contributed by atoms with E-state index in [4.69, 9.17) is 5.73 Å². The zero-order chi connectivity index (χ0) is 14.1. The number of carbonyl (C=O) groups excluding carboxylic acids is 1. The van der Waals surface area contributed by atoms with Gasteiger partial charge in [0, 0.05) is 17.7 Å². The van der Waals surface area contributed by atoms with Gasteiger partial charge in [0.05, 0.1) is 0 Å². The molecule has 0 unspecified atom stereocenters. The lowest BCUT2D eigenvalue weighted by Gasteiger charge is -2.16. The average Bonchev–Trinajstić information content (AvgIpc) is 3.27. The smallest absolute Gasteiger partial charge is 0.248 e. The second kappa shape index (κ2) is 5.52. The molecule has 108 valence electrons. The van der Waals surface area contributed by atoms with Crippen LogP contribution in [0.1, 0.15) is 41.6 Å². The van der Waals surface area contributed by atoms with E-state index in [9.17, 15) is 9.18 Å². The van der Waals surface area contributed by atoms with Crippen molar-refractivity contribution in [3.63, 3.8) is 0 Å². The number of nitrogens with two attached hydrogens (primary N) is 1. The van der Waals surface area contributed by atoms with Gasteiger partial charge in [0.1, 0.15) is 5.82 Å². The van der Waals surface area contributed by atoms with Gasteiger partial charge in [-0.1, -0.05) is 6.07 Å². The van der Waals surface area contributed by atoms with Gasteiger partial charge in [0.15, 0.2) is 0 Å². The topological polar surface area (TPSA) is 55.1 Å². The lowest BCUT2D eigenvalue weighted by atomic mass is 9.98. The van der Waals surface area contributed by atoms with E-state index in [-0.39, 0.29) is 11.4 Å². The molecule has 0 aliphatic heterocycles.